The van der Waals surface area contributed by atoms with E-state index >= 15 is 0 Å². The van der Waals surface area contributed by atoms with Crippen molar-refractivity contribution in [1.82, 2.24) is 4.57 Å². The number of rotatable bonds is 1. The van der Waals surface area contributed by atoms with Crippen LogP contribution >= 0.6 is 15.9 Å². The zero-order valence-corrected chi connectivity index (χ0v) is 12.4. The van der Waals surface area contributed by atoms with Crippen LogP contribution in [0.25, 0.3) is 22.2 Å². The Morgan fingerprint density at radius 1 is 1.16 bits per heavy atom. The summed E-state index contributed by atoms with van der Waals surface area (Å²) in [5.41, 5.74) is 7.10. The van der Waals surface area contributed by atoms with Crippen LogP contribution in [0.2, 0.25) is 0 Å². The number of hydrogen-bond donors (Lipinski definition) is 0. The summed E-state index contributed by atoms with van der Waals surface area (Å²) < 4.78 is 3.62. The second-order valence-electron chi connectivity index (χ2n) is 5.09. The predicted octanol–water partition coefficient (Wildman–Crippen LogP) is 4.99. The minimum absolute atomic E-state index is 1.00. The maximum absolute atomic E-state index is 3.59. The summed E-state index contributed by atoms with van der Waals surface area (Å²) in [5, 5.41) is 1.39. The van der Waals surface area contributed by atoms with Gasteiger partial charge in [-0.05, 0) is 35.7 Å². The van der Waals surface area contributed by atoms with Gasteiger partial charge in [0.2, 0.25) is 0 Å². The zero-order chi connectivity index (χ0) is 13.0. The predicted molar refractivity (Wildman–Crippen MR) is 83.6 cm³/mol. The van der Waals surface area contributed by atoms with E-state index in [9.17, 15) is 0 Å². The maximum Gasteiger partial charge on any atom is 0.0530 e. The molecule has 1 aliphatic rings. The smallest absolute Gasteiger partial charge is 0.0530 e. The van der Waals surface area contributed by atoms with E-state index in [4.69, 9.17) is 0 Å². The molecule has 1 aromatic heterocycles. The van der Waals surface area contributed by atoms with Crippen LogP contribution in [0, 0.1) is 0 Å². The highest BCUT2D eigenvalue weighted by molar-refractivity contribution is 9.10. The van der Waals surface area contributed by atoms with Crippen molar-refractivity contribution in [2.75, 3.05) is 0 Å². The molecule has 19 heavy (non-hydrogen) atoms. The standard InChI is InChI=1S/C17H14BrN/c1-2-13-15-9-12(18)7-8-16(15)19-10-11-5-3-4-6-14(11)17(13)19/h3-9H,2,10H2,1H3. The van der Waals surface area contributed by atoms with Crippen LogP contribution in [0.3, 0.4) is 0 Å². The minimum atomic E-state index is 1.00. The van der Waals surface area contributed by atoms with Gasteiger partial charge < -0.3 is 4.57 Å². The van der Waals surface area contributed by atoms with Gasteiger partial charge >= 0.3 is 0 Å². The molecule has 3 aromatic rings. The number of aryl methyl sites for hydroxylation is 1. The Kier molecular flexibility index (Phi) is 2.36. The average Bonchev–Trinajstić information content (AvgIpc) is 2.92. The van der Waals surface area contributed by atoms with Gasteiger partial charge in [-0.15, -0.1) is 0 Å². The van der Waals surface area contributed by atoms with Crippen LogP contribution in [0.4, 0.5) is 0 Å². The molecule has 0 atom stereocenters. The fourth-order valence-corrected chi connectivity index (χ4v) is 3.65. The third kappa shape index (κ3) is 1.47. The first kappa shape index (κ1) is 11.3. The van der Waals surface area contributed by atoms with Crippen LogP contribution in [0.15, 0.2) is 46.9 Å². The van der Waals surface area contributed by atoms with E-state index in [-0.39, 0.29) is 0 Å². The second kappa shape index (κ2) is 3.97. The van der Waals surface area contributed by atoms with Crippen molar-refractivity contribution in [3.05, 3.63) is 58.1 Å². The number of hydrogen-bond acceptors (Lipinski definition) is 0. The van der Waals surface area contributed by atoms with Gasteiger partial charge in [0.15, 0.2) is 0 Å². The maximum atomic E-state index is 3.59. The number of fused-ring (bicyclic) bond motifs is 5. The molecule has 0 spiro atoms. The fourth-order valence-electron chi connectivity index (χ4n) is 3.29. The van der Waals surface area contributed by atoms with E-state index in [1.165, 1.54) is 33.3 Å². The lowest BCUT2D eigenvalue weighted by atomic mass is 10.0. The van der Waals surface area contributed by atoms with E-state index in [1.54, 1.807) is 0 Å². The van der Waals surface area contributed by atoms with Crippen molar-refractivity contribution < 1.29 is 0 Å². The van der Waals surface area contributed by atoms with Gasteiger partial charge in [0, 0.05) is 27.5 Å². The summed E-state index contributed by atoms with van der Waals surface area (Å²) in [4.78, 5) is 0. The molecular weight excluding hydrogens is 298 g/mol. The quantitative estimate of drug-likeness (QED) is 0.466. The Morgan fingerprint density at radius 3 is 2.84 bits per heavy atom. The second-order valence-corrected chi connectivity index (χ2v) is 6.00. The minimum Gasteiger partial charge on any atom is -0.336 e. The Morgan fingerprint density at radius 2 is 2.00 bits per heavy atom. The first-order valence-electron chi connectivity index (χ1n) is 6.68. The highest BCUT2D eigenvalue weighted by Gasteiger charge is 2.24. The van der Waals surface area contributed by atoms with Crippen molar-refractivity contribution in [2.45, 2.75) is 19.9 Å². The van der Waals surface area contributed by atoms with Gasteiger partial charge in [-0.1, -0.05) is 47.1 Å². The van der Waals surface area contributed by atoms with E-state index in [0.29, 0.717) is 0 Å². The SMILES string of the molecule is CCc1c2n(c3ccc(Br)cc13)Cc1ccccc1-2. The molecule has 2 aromatic carbocycles. The van der Waals surface area contributed by atoms with Gasteiger partial charge in [-0.3, -0.25) is 0 Å². The monoisotopic (exact) mass is 311 g/mol. The summed E-state index contributed by atoms with van der Waals surface area (Å²) in [6.07, 6.45) is 1.07. The van der Waals surface area contributed by atoms with Gasteiger partial charge in [0.25, 0.3) is 0 Å². The van der Waals surface area contributed by atoms with Gasteiger partial charge in [-0.25, -0.2) is 0 Å². The Bertz CT molecular complexity index is 798. The lowest BCUT2D eigenvalue weighted by Gasteiger charge is -2.02. The van der Waals surface area contributed by atoms with Crippen LogP contribution < -0.4 is 0 Å². The molecule has 0 saturated carbocycles. The third-order valence-electron chi connectivity index (χ3n) is 4.08. The number of halogens is 1. The first-order valence-corrected chi connectivity index (χ1v) is 7.48. The molecule has 2 heteroatoms. The Balaban J connectivity index is 2.14. The molecule has 1 nitrogen and oxygen atoms in total. The van der Waals surface area contributed by atoms with Crippen molar-refractivity contribution in [3.63, 3.8) is 0 Å². The van der Waals surface area contributed by atoms with Crippen molar-refractivity contribution in [1.29, 1.82) is 0 Å². The summed E-state index contributed by atoms with van der Waals surface area (Å²) >= 11 is 3.59. The average molecular weight is 312 g/mol. The summed E-state index contributed by atoms with van der Waals surface area (Å²) in [5.74, 6) is 0. The highest BCUT2D eigenvalue weighted by atomic mass is 79.9. The van der Waals surface area contributed by atoms with E-state index in [1.807, 2.05) is 0 Å². The largest absolute Gasteiger partial charge is 0.336 e. The lowest BCUT2D eigenvalue weighted by molar-refractivity contribution is 0.882. The van der Waals surface area contributed by atoms with Crippen LogP contribution in [-0.4, -0.2) is 4.57 Å². The van der Waals surface area contributed by atoms with Crippen molar-refractivity contribution in [3.8, 4) is 11.3 Å². The molecule has 4 rings (SSSR count). The molecule has 0 N–H and O–H groups in total. The third-order valence-corrected chi connectivity index (χ3v) is 4.58. The van der Waals surface area contributed by atoms with Crippen LogP contribution in [-0.2, 0) is 13.0 Å². The van der Waals surface area contributed by atoms with Gasteiger partial charge in [-0.2, -0.15) is 0 Å². The molecule has 2 heterocycles. The van der Waals surface area contributed by atoms with E-state index in [0.717, 1.165) is 17.4 Å². The highest BCUT2D eigenvalue weighted by Crippen LogP contribution is 2.41. The molecule has 1 aliphatic heterocycles. The zero-order valence-electron chi connectivity index (χ0n) is 10.8. The number of aromatic nitrogens is 1. The summed E-state index contributed by atoms with van der Waals surface area (Å²) in [6, 6.07) is 15.4. The molecule has 0 aliphatic carbocycles. The van der Waals surface area contributed by atoms with E-state index < -0.39 is 0 Å². The fraction of sp³-hybridized carbons (Fsp3) is 0.176. The summed E-state index contributed by atoms with van der Waals surface area (Å²) in [7, 11) is 0. The number of nitrogens with zero attached hydrogens (tertiary/aromatic N) is 1. The van der Waals surface area contributed by atoms with Crippen LogP contribution in [0.5, 0.6) is 0 Å². The van der Waals surface area contributed by atoms with Gasteiger partial charge in [0.05, 0.1) is 5.69 Å². The molecule has 0 saturated heterocycles. The molecule has 0 bridgehead atoms. The first-order chi connectivity index (χ1) is 9.29. The molecule has 0 radical (unpaired) electrons. The number of benzene rings is 2. The Labute approximate surface area is 121 Å². The van der Waals surface area contributed by atoms with E-state index in [2.05, 4.69) is 69.9 Å². The topological polar surface area (TPSA) is 4.93 Å². The van der Waals surface area contributed by atoms with Crippen molar-refractivity contribution in [2.24, 2.45) is 0 Å². The molecule has 0 unspecified atom stereocenters. The lowest BCUT2D eigenvalue weighted by Crippen LogP contribution is -1.91. The Hall–Kier alpha value is -1.54. The van der Waals surface area contributed by atoms with Gasteiger partial charge in [0.1, 0.15) is 0 Å². The van der Waals surface area contributed by atoms with Crippen molar-refractivity contribution >= 4 is 26.8 Å². The van der Waals surface area contributed by atoms with Crippen LogP contribution in [0.1, 0.15) is 18.1 Å². The molecule has 0 amide bonds. The molecule has 0 fully saturated rings. The molecule has 94 valence electrons. The molecular formula is C17H14BrN. The normalized spacial score (nSPS) is 12.7. The summed E-state index contributed by atoms with van der Waals surface area (Å²) in [6.45, 7) is 3.25.